The Bertz CT molecular complexity index is 367. The first-order chi connectivity index (χ1) is 7.06. The summed E-state index contributed by atoms with van der Waals surface area (Å²) in [5.41, 5.74) is 1.49. The molecule has 0 bridgehead atoms. The Hall–Kier alpha value is -1.65. The van der Waals surface area contributed by atoms with Crippen LogP contribution in [-0.4, -0.2) is 16.3 Å². The van der Waals surface area contributed by atoms with Crippen LogP contribution in [0.1, 0.15) is 28.9 Å². The van der Waals surface area contributed by atoms with Gasteiger partial charge in [-0.1, -0.05) is 18.7 Å². The van der Waals surface area contributed by atoms with Gasteiger partial charge in [-0.25, -0.2) is 9.68 Å². The minimum Gasteiger partial charge on any atom is -0.478 e. The third-order valence-corrected chi connectivity index (χ3v) is 2.01. The second kappa shape index (κ2) is 4.72. The van der Waals surface area contributed by atoms with Gasteiger partial charge in [-0.05, 0) is 30.2 Å². The lowest BCUT2D eigenvalue weighted by Crippen LogP contribution is -2.03. The summed E-state index contributed by atoms with van der Waals surface area (Å²) in [6.07, 6.45) is -0.618. The first kappa shape index (κ1) is 11.4. The zero-order valence-electron chi connectivity index (χ0n) is 8.30. The zero-order valence-corrected chi connectivity index (χ0v) is 8.30. The summed E-state index contributed by atoms with van der Waals surface area (Å²) in [4.78, 5) is 14.8. The van der Waals surface area contributed by atoms with Crippen LogP contribution in [-0.2, 0) is 4.89 Å². The third-order valence-electron chi connectivity index (χ3n) is 2.01. The lowest BCUT2D eigenvalue weighted by atomic mass is 10.0. The molecule has 80 valence electrons. The van der Waals surface area contributed by atoms with E-state index in [1.807, 2.05) is 0 Å². The highest BCUT2D eigenvalue weighted by atomic mass is 17.1. The topological polar surface area (TPSA) is 66.8 Å². The Labute approximate surface area is 87.4 Å². The van der Waals surface area contributed by atoms with E-state index in [4.69, 9.17) is 10.4 Å². The standard InChI is InChI=1S/C11H12O4/c1-7(2)10(15-14)8-3-5-9(6-4-8)11(12)13/h3-6,10,14H,1H2,2H3,(H,12,13). The number of hydrogen-bond acceptors (Lipinski definition) is 3. The minimum absolute atomic E-state index is 0.192. The van der Waals surface area contributed by atoms with E-state index in [9.17, 15) is 4.79 Å². The van der Waals surface area contributed by atoms with Crippen molar-refractivity contribution in [2.75, 3.05) is 0 Å². The molecule has 0 fully saturated rings. The molecule has 1 aromatic rings. The molecule has 4 nitrogen and oxygen atoms in total. The molecule has 1 rings (SSSR count). The predicted octanol–water partition coefficient (Wildman–Crippen LogP) is 2.49. The number of benzene rings is 1. The van der Waals surface area contributed by atoms with Crippen molar-refractivity contribution in [3.63, 3.8) is 0 Å². The van der Waals surface area contributed by atoms with Gasteiger partial charge in [0.1, 0.15) is 6.10 Å². The molecule has 0 heterocycles. The second-order valence-electron chi connectivity index (χ2n) is 3.26. The zero-order chi connectivity index (χ0) is 11.4. The van der Waals surface area contributed by atoms with Crippen LogP contribution in [0.15, 0.2) is 36.4 Å². The van der Waals surface area contributed by atoms with Crippen LogP contribution in [0.5, 0.6) is 0 Å². The summed E-state index contributed by atoms with van der Waals surface area (Å²) in [7, 11) is 0. The van der Waals surface area contributed by atoms with Crippen molar-refractivity contribution in [1.82, 2.24) is 0 Å². The number of carbonyl (C=O) groups is 1. The fourth-order valence-electron chi connectivity index (χ4n) is 1.24. The summed E-state index contributed by atoms with van der Waals surface area (Å²) < 4.78 is 0. The third kappa shape index (κ3) is 2.65. The molecule has 4 heteroatoms. The molecule has 0 spiro atoms. The van der Waals surface area contributed by atoms with Gasteiger partial charge in [0.15, 0.2) is 0 Å². The van der Waals surface area contributed by atoms with Gasteiger partial charge in [0.05, 0.1) is 5.56 Å². The molecule has 0 aliphatic heterocycles. The smallest absolute Gasteiger partial charge is 0.335 e. The van der Waals surface area contributed by atoms with E-state index >= 15 is 0 Å². The first-order valence-electron chi connectivity index (χ1n) is 4.35. The number of carboxylic acid groups (broad SMARTS) is 1. The van der Waals surface area contributed by atoms with Crippen LogP contribution in [0.2, 0.25) is 0 Å². The molecule has 0 aliphatic rings. The van der Waals surface area contributed by atoms with Gasteiger partial charge in [-0.15, -0.1) is 0 Å². The molecule has 1 aromatic carbocycles. The molecule has 0 saturated heterocycles. The fraction of sp³-hybridized carbons (Fsp3) is 0.182. The van der Waals surface area contributed by atoms with Gasteiger partial charge >= 0.3 is 5.97 Å². The summed E-state index contributed by atoms with van der Waals surface area (Å²) in [6, 6.07) is 6.07. The van der Waals surface area contributed by atoms with Crippen molar-refractivity contribution >= 4 is 5.97 Å². The lowest BCUT2D eigenvalue weighted by Gasteiger charge is -2.13. The van der Waals surface area contributed by atoms with Crippen molar-refractivity contribution < 1.29 is 20.0 Å². The van der Waals surface area contributed by atoms with Crippen molar-refractivity contribution in [2.45, 2.75) is 13.0 Å². The van der Waals surface area contributed by atoms with E-state index in [0.717, 1.165) is 0 Å². The largest absolute Gasteiger partial charge is 0.478 e. The lowest BCUT2D eigenvalue weighted by molar-refractivity contribution is -0.271. The highest BCUT2D eigenvalue weighted by molar-refractivity contribution is 5.87. The molecule has 0 saturated carbocycles. The van der Waals surface area contributed by atoms with Crippen LogP contribution >= 0.6 is 0 Å². The van der Waals surface area contributed by atoms with Gasteiger partial charge in [-0.2, -0.15) is 0 Å². The van der Waals surface area contributed by atoms with Crippen LogP contribution in [0.3, 0.4) is 0 Å². The van der Waals surface area contributed by atoms with Crippen LogP contribution in [0.25, 0.3) is 0 Å². The van der Waals surface area contributed by atoms with E-state index in [-0.39, 0.29) is 5.56 Å². The van der Waals surface area contributed by atoms with Crippen molar-refractivity contribution in [3.05, 3.63) is 47.5 Å². The summed E-state index contributed by atoms with van der Waals surface area (Å²) >= 11 is 0. The number of carboxylic acids is 1. The van der Waals surface area contributed by atoms with Crippen molar-refractivity contribution in [2.24, 2.45) is 0 Å². The van der Waals surface area contributed by atoms with E-state index in [1.165, 1.54) is 12.1 Å². The Balaban J connectivity index is 2.97. The maximum Gasteiger partial charge on any atom is 0.335 e. The Morgan fingerprint density at radius 1 is 1.40 bits per heavy atom. The van der Waals surface area contributed by atoms with Crippen LogP contribution in [0.4, 0.5) is 0 Å². The molecule has 15 heavy (non-hydrogen) atoms. The minimum atomic E-state index is -0.988. The second-order valence-corrected chi connectivity index (χ2v) is 3.26. The fourth-order valence-corrected chi connectivity index (χ4v) is 1.24. The number of aromatic carboxylic acids is 1. The summed E-state index contributed by atoms with van der Waals surface area (Å²) in [6.45, 7) is 5.37. The molecule has 1 atom stereocenters. The van der Waals surface area contributed by atoms with Gasteiger partial charge in [0.2, 0.25) is 0 Å². The van der Waals surface area contributed by atoms with Crippen molar-refractivity contribution in [3.8, 4) is 0 Å². The Kier molecular flexibility index (Phi) is 3.60. The molecule has 0 amide bonds. The monoisotopic (exact) mass is 208 g/mol. The van der Waals surface area contributed by atoms with Crippen LogP contribution < -0.4 is 0 Å². The van der Waals surface area contributed by atoms with E-state index in [2.05, 4.69) is 11.5 Å². The molecule has 1 unspecified atom stereocenters. The Morgan fingerprint density at radius 2 is 1.93 bits per heavy atom. The van der Waals surface area contributed by atoms with E-state index < -0.39 is 12.1 Å². The number of hydrogen-bond donors (Lipinski definition) is 2. The highest BCUT2D eigenvalue weighted by Gasteiger charge is 2.13. The van der Waals surface area contributed by atoms with E-state index in [1.54, 1.807) is 19.1 Å². The summed E-state index contributed by atoms with van der Waals surface area (Å²) in [5.74, 6) is -0.988. The molecule has 2 N–H and O–H groups in total. The normalized spacial score (nSPS) is 12.1. The van der Waals surface area contributed by atoms with Gasteiger partial charge in [-0.3, -0.25) is 5.26 Å². The highest BCUT2D eigenvalue weighted by Crippen LogP contribution is 2.23. The Morgan fingerprint density at radius 3 is 2.27 bits per heavy atom. The molecular weight excluding hydrogens is 196 g/mol. The molecule has 0 aromatic heterocycles. The summed E-state index contributed by atoms with van der Waals surface area (Å²) in [5, 5.41) is 17.3. The van der Waals surface area contributed by atoms with Crippen molar-refractivity contribution in [1.29, 1.82) is 0 Å². The van der Waals surface area contributed by atoms with E-state index in [0.29, 0.717) is 11.1 Å². The quantitative estimate of drug-likeness (QED) is 0.453. The molecule has 0 aliphatic carbocycles. The predicted molar refractivity (Wildman–Crippen MR) is 54.7 cm³/mol. The molecule has 0 radical (unpaired) electrons. The average Bonchev–Trinajstić information content (AvgIpc) is 2.19. The van der Waals surface area contributed by atoms with Gasteiger partial charge in [0.25, 0.3) is 0 Å². The SMILES string of the molecule is C=C(C)C(OO)c1ccc(C(=O)O)cc1. The first-order valence-corrected chi connectivity index (χ1v) is 4.35. The average molecular weight is 208 g/mol. The van der Waals surface area contributed by atoms with Crippen LogP contribution in [0, 0.1) is 0 Å². The van der Waals surface area contributed by atoms with Gasteiger partial charge in [0, 0.05) is 0 Å². The maximum absolute atomic E-state index is 10.6. The number of rotatable bonds is 4. The molecular formula is C11H12O4. The van der Waals surface area contributed by atoms with Gasteiger partial charge < -0.3 is 5.11 Å². The maximum atomic E-state index is 10.6.